The van der Waals surface area contributed by atoms with Crippen LogP contribution in [0, 0.1) is 6.92 Å². The van der Waals surface area contributed by atoms with Crippen LogP contribution in [-0.2, 0) is 23.6 Å². The van der Waals surface area contributed by atoms with Gasteiger partial charge in [-0.1, -0.05) is 17.8 Å². The van der Waals surface area contributed by atoms with E-state index in [1.807, 2.05) is 23.9 Å². The van der Waals surface area contributed by atoms with Gasteiger partial charge in [0.2, 0.25) is 10.0 Å². The lowest BCUT2D eigenvalue weighted by Gasteiger charge is -2.12. The van der Waals surface area contributed by atoms with Crippen LogP contribution >= 0.6 is 11.8 Å². The lowest BCUT2D eigenvalue weighted by Crippen LogP contribution is -2.25. The van der Waals surface area contributed by atoms with E-state index in [9.17, 15) is 8.42 Å². The van der Waals surface area contributed by atoms with E-state index in [1.54, 1.807) is 48.4 Å². The molecule has 0 aliphatic rings. The number of imidazole rings is 1. The summed E-state index contributed by atoms with van der Waals surface area (Å²) in [6, 6.07) is 7.04. The Balaban J connectivity index is 1.86. The fourth-order valence-electron chi connectivity index (χ4n) is 2.47. The van der Waals surface area contributed by atoms with Gasteiger partial charge >= 0.3 is 0 Å². The first kappa shape index (κ1) is 17.7. The molecule has 132 valence electrons. The molecule has 1 N–H and O–H groups in total. The third-order valence-corrected chi connectivity index (χ3v) is 6.19. The van der Waals surface area contributed by atoms with E-state index < -0.39 is 10.0 Å². The van der Waals surface area contributed by atoms with Crippen LogP contribution in [0.4, 0.5) is 0 Å². The Hall–Kier alpha value is -2.10. The quantitative estimate of drug-likeness (QED) is 0.666. The topological polar surface area (TPSA) is 81.8 Å². The molecule has 0 saturated carbocycles. The molecule has 2 heterocycles. The second kappa shape index (κ2) is 7.03. The van der Waals surface area contributed by atoms with Crippen LogP contribution in [0.15, 0.2) is 52.9 Å². The molecule has 0 bridgehead atoms. The summed E-state index contributed by atoms with van der Waals surface area (Å²) in [4.78, 5) is 4.50. The Kier molecular flexibility index (Phi) is 4.98. The Morgan fingerprint density at radius 2 is 2.12 bits per heavy atom. The molecule has 0 atom stereocenters. The van der Waals surface area contributed by atoms with E-state index in [0.29, 0.717) is 11.3 Å². The zero-order valence-electron chi connectivity index (χ0n) is 14.2. The van der Waals surface area contributed by atoms with Gasteiger partial charge in [-0.2, -0.15) is 5.10 Å². The van der Waals surface area contributed by atoms with E-state index in [-0.39, 0.29) is 11.4 Å². The molecule has 2 aromatic heterocycles. The van der Waals surface area contributed by atoms with Crippen molar-refractivity contribution in [2.24, 2.45) is 7.05 Å². The van der Waals surface area contributed by atoms with Crippen molar-refractivity contribution >= 4 is 21.8 Å². The maximum absolute atomic E-state index is 12.8. The van der Waals surface area contributed by atoms with Gasteiger partial charge in [-0.25, -0.2) is 22.8 Å². The van der Waals surface area contributed by atoms with Gasteiger partial charge in [0.25, 0.3) is 0 Å². The number of nitrogens with zero attached hydrogens (tertiary/aromatic N) is 4. The number of rotatable bonds is 6. The van der Waals surface area contributed by atoms with E-state index >= 15 is 0 Å². The van der Waals surface area contributed by atoms with Crippen LogP contribution in [0.3, 0.4) is 0 Å². The first-order valence-corrected chi connectivity index (χ1v) is 10.3. The summed E-state index contributed by atoms with van der Waals surface area (Å²) in [7, 11) is -1.79. The number of hydrogen-bond acceptors (Lipinski definition) is 5. The monoisotopic (exact) mass is 377 g/mol. The lowest BCUT2D eigenvalue weighted by atomic mass is 10.2. The minimum Gasteiger partial charge on any atom is -0.325 e. The Bertz CT molecular complexity index is 978. The van der Waals surface area contributed by atoms with Gasteiger partial charge < -0.3 is 4.57 Å². The molecule has 0 unspecified atom stereocenters. The smallest absolute Gasteiger partial charge is 0.241 e. The molecule has 0 fully saturated rings. The Morgan fingerprint density at radius 1 is 1.32 bits per heavy atom. The summed E-state index contributed by atoms with van der Waals surface area (Å²) in [6.45, 7) is 1.95. The fraction of sp³-hybridized carbons (Fsp3) is 0.250. The van der Waals surface area contributed by atoms with Crippen LogP contribution in [0.5, 0.6) is 0 Å². The Morgan fingerprint density at radius 3 is 2.76 bits per heavy atom. The highest BCUT2D eigenvalue weighted by molar-refractivity contribution is 7.98. The average molecular weight is 377 g/mol. The summed E-state index contributed by atoms with van der Waals surface area (Å²) in [6.07, 6.45) is 7.04. The first-order valence-electron chi connectivity index (χ1n) is 7.57. The molecule has 7 nitrogen and oxygen atoms in total. The van der Waals surface area contributed by atoms with Crippen molar-refractivity contribution in [3.05, 3.63) is 54.1 Å². The highest BCUT2D eigenvalue weighted by Crippen LogP contribution is 2.20. The summed E-state index contributed by atoms with van der Waals surface area (Å²) in [5.41, 5.74) is 2.17. The van der Waals surface area contributed by atoms with Crippen LogP contribution in [0.1, 0.15) is 11.3 Å². The van der Waals surface area contributed by atoms with E-state index in [2.05, 4.69) is 14.8 Å². The summed E-state index contributed by atoms with van der Waals surface area (Å²) in [5, 5.41) is 4.98. The highest BCUT2D eigenvalue weighted by Gasteiger charge is 2.19. The van der Waals surface area contributed by atoms with Crippen molar-refractivity contribution in [1.82, 2.24) is 24.1 Å². The van der Waals surface area contributed by atoms with E-state index in [0.717, 1.165) is 10.9 Å². The maximum Gasteiger partial charge on any atom is 0.241 e. The van der Waals surface area contributed by atoms with E-state index in [1.165, 1.54) is 11.8 Å². The van der Waals surface area contributed by atoms with Crippen molar-refractivity contribution in [2.75, 3.05) is 6.26 Å². The first-order chi connectivity index (χ1) is 11.9. The lowest BCUT2D eigenvalue weighted by molar-refractivity contribution is 0.577. The van der Waals surface area contributed by atoms with Crippen molar-refractivity contribution < 1.29 is 8.42 Å². The molecule has 1 aromatic carbocycles. The third kappa shape index (κ3) is 3.63. The molecule has 0 spiro atoms. The molecule has 3 rings (SSSR count). The predicted octanol–water partition coefficient (Wildman–Crippen LogP) is 2.11. The molecule has 3 aromatic rings. The third-order valence-electron chi connectivity index (χ3n) is 3.90. The highest BCUT2D eigenvalue weighted by atomic mass is 32.2. The largest absolute Gasteiger partial charge is 0.325 e. The molecule has 0 aliphatic heterocycles. The van der Waals surface area contributed by atoms with Gasteiger partial charge in [-0.15, -0.1) is 0 Å². The standard InChI is InChI=1S/C16H19N5O2S2/c1-12-5-6-13(21-8-4-7-18-21)9-15(12)25(22,23)19-11-14-10-17-16(24-3)20(14)2/h4-10,19H,11H2,1-3H3. The second-order valence-electron chi connectivity index (χ2n) is 5.52. The molecule has 0 amide bonds. The molecule has 0 radical (unpaired) electrons. The van der Waals surface area contributed by atoms with Crippen LogP contribution in [0.25, 0.3) is 5.69 Å². The number of thioether (sulfide) groups is 1. The summed E-state index contributed by atoms with van der Waals surface area (Å²) < 4.78 is 31.7. The number of aryl methyl sites for hydroxylation is 1. The van der Waals surface area contributed by atoms with Crippen LogP contribution in [-0.4, -0.2) is 34.0 Å². The molecular formula is C16H19N5O2S2. The van der Waals surface area contributed by atoms with Gasteiger partial charge in [0, 0.05) is 19.4 Å². The molecular weight excluding hydrogens is 358 g/mol. The van der Waals surface area contributed by atoms with Crippen molar-refractivity contribution in [1.29, 1.82) is 0 Å². The van der Waals surface area contributed by atoms with Crippen LogP contribution < -0.4 is 4.72 Å². The van der Waals surface area contributed by atoms with Crippen LogP contribution in [0.2, 0.25) is 0 Å². The van der Waals surface area contributed by atoms with E-state index in [4.69, 9.17) is 0 Å². The fourth-order valence-corrected chi connectivity index (χ4v) is 4.28. The maximum atomic E-state index is 12.8. The normalized spacial score (nSPS) is 11.8. The zero-order chi connectivity index (χ0) is 18.0. The zero-order valence-corrected chi connectivity index (χ0v) is 15.8. The number of hydrogen-bond donors (Lipinski definition) is 1. The number of nitrogens with one attached hydrogen (secondary N) is 1. The number of benzene rings is 1. The van der Waals surface area contributed by atoms with Gasteiger partial charge in [0.1, 0.15) is 0 Å². The number of sulfonamides is 1. The molecule has 0 aliphatic carbocycles. The summed E-state index contributed by atoms with van der Waals surface area (Å²) >= 11 is 1.51. The molecule has 9 heteroatoms. The second-order valence-corrected chi connectivity index (χ2v) is 8.03. The molecule has 0 saturated heterocycles. The van der Waals surface area contributed by atoms with Gasteiger partial charge in [-0.05, 0) is 36.9 Å². The van der Waals surface area contributed by atoms with Crippen molar-refractivity contribution in [2.45, 2.75) is 23.5 Å². The summed E-state index contributed by atoms with van der Waals surface area (Å²) in [5.74, 6) is 0. The number of aromatic nitrogens is 4. The molecule has 25 heavy (non-hydrogen) atoms. The van der Waals surface area contributed by atoms with Crippen molar-refractivity contribution in [3.63, 3.8) is 0 Å². The minimum atomic E-state index is -3.66. The van der Waals surface area contributed by atoms with Crippen molar-refractivity contribution in [3.8, 4) is 5.69 Å². The Labute approximate surface area is 151 Å². The average Bonchev–Trinajstić information content (AvgIpc) is 3.23. The van der Waals surface area contributed by atoms with Gasteiger partial charge in [-0.3, -0.25) is 0 Å². The van der Waals surface area contributed by atoms with Gasteiger partial charge in [0.05, 0.1) is 29.0 Å². The minimum absolute atomic E-state index is 0.178. The predicted molar refractivity (Wildman–Crippen MR) is 97.3 cm³/mol. The SMILES string of the molecule is CSc1ncc(CNS(=O)(=O)c2cc(-n3cccn3)ccc2C)n1C. The van der Waals surface area contributed by atoms with Gasteiger partial charge in [0.15, 0.2) is 5.16 Å².